The minimum absolute atomic E-state index is 0.0381. The van der Waals surface area contributed by atoms with E-state index >= 15 is 0 Å². The van der Waals surface area contributed by atoms with E-state index in [9.17, 15) is 16.8 Å². The highest BCUT2D eigenvalue weighted by molar-refractivity contribution is 8.76. The predicted octanol–water partition coefficient (Wildman–Crippen LogP) is 3.80. The predicted molar refractivity (Wildman–Crippen MR) is 114 cm³/mol. The van der Waals surface area contributed by atoms with E-state index in [0.29, 0.717) is 11.5 Å². The summed E-state index contributed by atoms with van der Waals surface area (Å²) >= 11 is 0. The Kier molecular flexibility index (Phi) is 8.84. The number of hydrogen-bond acceptors (Lipinski definition) is 8. The van der Waals surface area contributed by atoms with Crippen molar-refractivity contribution in [2.24, 2.45) is 0 Å². The molecule has 10 heteroatoms. The van der Waals surface area contributed by atoms with Crippen molar-refractivity contribution < 1.29 is 25.2 Å². The van der Waals surface area contributed by atoms with Gasteiger partial charge in [0.1, 0.15) is 0 Å². The molecule has 0 unspecified atom stereocenters. The maximum Gasteiger partial charge on any atom is 0.297 e. The second-order valence-corrected chi connectivity index (χ2v) is 11.8. The van der Waals surface area contributed by atoms with Crippen LogP contribution < -0.4 is 0 Å². The first-order valence-corrected chi connectivity index (χ1v) is 13.7. The number of hydrogen-bond donors (Lipinski definition) is 0. The summed E-state index contributed by atoms with van der Waals surface area (Å²) in [4.78, 5) is 0.260. The molecule has 2 aromatic carbocycles. The van der Waals surface area contributed by atoms with Crippen LogP contribution in [0.1, 0.15) is 11.1 Å². The average molecular weight is 463 g/mol. The largest absolute Gasteiger partial charge is 0.297 e. The van der Waals surface area contributed by atoms with E-state index in [1.165, 1.54) is 45.9 Å². The first-order chi connectivity index (χ1) is 13.2. The van der Waals surface area contributed by atoms with Gasteiger partial charge in [0, 0.05) is 11.5 Å². The zero-order chi connectivity index (χ0) is 20.6. The number of rotatable bonds is 11. The maximum atomic E-state index is 12.0. The molecule has 0 spiro atoms. The van der Waals surface area contributed by atoms with Gasteiger partial charge in [-0.3, -0.25) is 8.37 Å². The van der Waals surface area contributed by atoms with Gasteiger partial charge in [-0.15, -0.1) is 0 Å². The monoisotopic (exact) mass is 462 g/mol. The first-order valence-electron chi connectivity index (χ1n) is 8.37. The van der Waals surface area contributed by atoms with Crippen molar-refractivity contribution in [3.63, 3.8) is 0 Å². The minimum Gasteiger partial charge on any atom is -0.265 e. The van der Waals surface area contributed by atoms with Crippen LogP contribution in [0.2, 0.25) is 0 Å². The molecule has 0 radical (unpaired) electrons. The summed E-state index contributed by atoms with van der Waals surface area (Å²) in [5.74, 6) is 0.890. The van der Waals surface area contributed by atoms with Crippen molar-refractivity contribution in [2.45, 2.75) is 23.6 Å². The van der Waals surface area contributed by atoms with E-state index in [1.54, 1.807) is 24.3 Å². The highest BCUT2D eigenvalue weighted by atomic mass is 33.1. The summed E-state index contributed by atoms with van der Waals surface area (Å²) < 4.78 is 58.1. The zero-order valence-corrected chi connectivity index (χ0v) is 18.8. The molecule has 0 aliphatic rings. The van der Waals surface area contributed by atoms with Gasteiger partial charge in [0.2, 0.25) is 0 Å². The third kappa shape index (κ3) is 7.41. The summed E-state index contributed by atoms with van der Waals surface area (Å²) in [6.45, 7) is 3.83. The van der Waals surface area contributed by atoms with Gasteiger partial charge in [-0.05, 0) is 38.1 Å². The van der Waals surface area contributed by atoms with Crippen LogP contribution in [0, 0.1) is 13.8 Å². The summed E-state index contributed by atoms with van der Waals surface area (Å²) in [5, 5.41) is 0. The smallest absolute Gasteiger partial charge is 0.265 e. The van der Waals surface area contributed by atoms with E-state index < -0.39 is 20.2 Å². The molecule has 0 saturated heterocycles. The lowest BCUT2D eigenvalue weighted by Crippen LogP contribution is -2.09. The molecule has 0 bridgehead atoms. The lowest BCUT2D eigenvalue weighted by Gasteiger charge is -2.07. The Balaban J connectivity index is 1.63. The van der Waals surface area contributed by atoms with Crippen LogP contribution >= 0.6 is 21.6 Å². The van der Waals surface area contributed by atoms with Crippen molar-refractivity contribution in [3.05, 3.63) is 59.7 Å². The normalized spacial score (nSPS) is 12.2. The molecule has 0 atom stereocenters. The SMILES string of the molecule is Cc1ccc(S(=O)(=O)OCCSSCCOS(=O)(=O)c2ccc(C)cc2)cc1. The van der Waals surface area contributed by atoms with Crippen molar-refractivity contribution in [3.8, 4) is 0 Å². The third-order valence-electron chi connectivity index (χ3n) is 3.51. The topological polar surface area (TPSA) is 86.7 Å². The Morgan fingerprint density at radius 2 is 0.964 bits per heavy atom. The fraction of sp³-hybridized carbons (Fsp3) is 0.333. The number of aryl methyl sites for hydroxylation is 2. The van der Waals surface area contributed by atoms with E-state index in [2.05, 4.69) is 0 Å². The lowest BCUT2D eigenvalue weighted by molar-refractivity contribution is 0.340. The summed E-state index contributed by atoms with van der Waals surface area (Å²) in [6, 6.07) is 12.9. The van der Waals surface area contributed by atoms with E-state index in [1.807, 2.05) is 13.8 Å². The molecule has 0 aliphatic heterocycles. The van der Waals surface area contributed by atoms with Crippen molar-refractivity contribution in [1.82, 2.24) is 0 Å². The Bertz CT molecular complexity index is 871. The van der Waals surface area contributed by atoms with Crippen LogP contribution in [0.5, 0.6) is 0 Å². The van der Waals surface area contributed by atoms with Gasteiger partial charge < -0.3 is 0 Å². The molecule has 154 valence electrons. The minimum atomic E-state index is -3.75. The second kappa shape index (κ2) is 10.7. The summed E-state index contributed by atoms with van der Waals surface area (Å²) in [7, 11) is -4.72. The van der Waals surface area contributed by atoms with Gasteiger partial charge in [0.25, 0.3) is 20.2 Å². The van der Waals surface area contributed by atoms with E-state index in [0.717, 1.165) is 11.1 Å². The van der Waals surface area contributed by atoms with Crippen LogP contribution in [0.4, 0.5) is 0 Å². The molecule has 0 N–H and O–H groups in total. The van der Waals surface area contributed by atoms with Crippen molar-refractivity contribution >= 4 is 41.8 Å². The highest BCUT2D eigenvalue weighted by Crippen LogP contribution is 2.22. The molecule has 0 aromatic heterocycles. The molecule has 28 heavy (non-hydrogen) atoms. The Morgan fingerprint density at radius 1 is 0.643 bits per heavy atom. The quantitative estimate of drug-likeness (QED) is 0.283. The molecule has 0 heterocycles. The van der Waals surface area contributed by atoms with E-state index in [-0.39, 0.29) is 23.0 Å². The Hall–Kier alpha value is -1.04. The molecular formula is C18H22O6S4. The Morgan fingerprint density at radius 3 is 1.29 bits per heavy atom. The third-order valence-corrected chi connectivity index (χ3v) is 8.50. The molecular weight excluding hydrogens is 440 g/mol. The first kappa shape index (κ1) is 23.2. The van der Waals surface area contributed by atoms with Gasteiger partial charge in [-0.25, -0.2) is 0 Å². The average Bonchev–Trinajstić information content (AvgIpc) is 2.64. The Labute approximate surface area is 174 Å². The van der Waals surface area contributed by atoms with Crippen LogP contribution in [0.15, 0.2) is 58.3 Å². The van der Waals surface area contributed by atoms with Gasteiger partial charge in [-0.1, -0.05) is 57.0 Å². The summed E-state index contributed by atoms with van der Waals surface area (Å²) in [6.07, 6.45) is 0. The molecule has 6 nitrogen and oxygen atoms in total. The lowest BCUT2D eigenvalue weighted by atomic mass is 10.2. The molecule has 0 aliphatic carbocycles. The van der Waals surface area contributed by atoms with Crippen LogP contribution in [-0.2, 0) is 28.6 Å². The van der Waals surface area contributed by atoms with Crippen LogP contribution in [0.3, 0.4) is 0 Å². The maximum absolute atomic E-state index is 12.0. The zero-order valence-electron chi connectivity index (χ0n) is 15.5. The molecule has 0 fully saturated rings. The summed E-state index contributed by atoms with van der Waals surface area (Å²) in [5.41, 5.74) is 1.94. The van der Waals surface area contributed by atoms with Crippen molar-refractivity contribution in [2.75, 3.05) is 24.7 Å². The fourth-order valence-electron chi connectivity index (χ4n) is 2.02. The highest BCUT2D eigenvalue weighted by Gasteiger charge is 2.15. The van der Waals surface area contributed by atoms with Gasteiger partial charge >= 0.3 is 0 Å². The van der Waals surface area contributed by atoms with Crippen molar-refractivity contribution in [1.29, 1.82) is 0 Å². The van der Waals surface area contributed by atoms with E-state index in [4.69, 9.17) is 8.37 Å². The van der Waals surface area contributed by atoms with Gasteiger partial charge in [0.15, 0.2) is 0 Å². The second-order valence-electron chi connectivity index (χ2n) is 5.82. The fourth-order valence-corrected chi connectivity index (χ4v) is 5.70. The standard InChI is InChI=1S/C18H22O6S4/c1-15-3-7-17(8-4-15)27(19,20)23-11-13-25-26-14-12-24-28(21,22)18-9-5-16(2)6-10-18/h3-10H,11-14H2,1-2H3. The van der Waals surface area contributed by atoms with Gasteiger partial charge in [0.05, 0.1) is 23.0 Å². The molecule has 2 rings (SSSR count). The van der Waals surface area contributed by atoms with Gasteiger partial charge in [-0.2, -0.15) is 16.8 Å². The molecule has 0 saturated carbocycles. The van der Waals surface area contributed by atoms with Crippen LogP contribution in [-0.4, -0.2) is 41.6 Å². The van der Waals surface area contributed by atoms with Crippen LogP contribution in [0.25, 0.3) is 0 Å². The molecule has 2 aromatic rings. The number of benzene rings is 2. The molecule has 0 amide bonds.